The van der Waals surface area contributed by atoms with Crippen molar-refractivity contribution in [1.82, 2.24) is 0 Å². The minimum absolute atomic E-state index is 0.222. The molecular formula is C18H30O4. The predicted octanol–water partition coefficient (Wildman–Crippen LogP) is 4.67. The van der Waals surface area contributed by atoms with Crippen molar-refractivity contribution in [3.8, 4) is 0 Å². The van der Waals surface area contributed by atoms with E-state index < -0.39 is 17.7 Å². The lowest BCUT2D eigenvalue weighted by Gasteiger charge is -2.33. The number of ether oxygens (including phenoxy) is 2. The second-order valence-corrected chi connectivity index (χ2v) is 6.32. The zero-order valence-electron chi connectivity index (χ0n) is 14.1. The highest BCUT2D eigenvalue weighted by atomic mass is 16.7. The van der Waals surface area contributed by atoms with E-state index in [2.05, 4.69) is 13.5 Å². The molecule has 1 saturated heterocycles. The molecular weight excluding hydrogens is 280 g/mol. The van der Waals surface area contributed by atoms with Crippen LogP contribution < -0.4 is 0 Å². The van der Waals surface area contributed by atoms with Gasteiger partial charge in [-0.1, -0.05) is 71.3 Å². The molecule has 22 heavy (non-hydrogen) atoms. The average Bonchev–Trinajstić information content (AvgIpc) is 2.47. The van der Waals surface area contributed by atoms with Gasteiger partial charge in [0.15, 0.2) is 0 Å². The van der Waals surface area contributed by atoms with E-state index in [4.69, 9.17) is 9.47 Å². The fraction of sp³-hybridized carbons (Fsp3) is 0.778. The van der Waals surface area contributed by atoms with E-state index in [0.29, 0.717) is 6.42 Å². The van der Waals surface area contributed by atoms with Gasteiger partial charge < -0.3 is 9.47 Å². The normalized spacial score (nSPS) is 17.3. The summed E-state index contributed by atoms with van der Waals surface area (Å²) in [5.41, 5.74) is -0.222. The van der Waals surface area contributed by atoms with Crippen LogP contribution >= 0.6 is 0 Å². The third-order valence-electron chi connectivity index (χ3n) is 4.09. The van der Waals surface area contributed by atoms with Crippen LogP contribution in [0.25, 0.3) is 0 Å². The molecule has 0 aromatic carbocycles. The molecule has 0 atom stereocenters. The van der Waals surface area contributed by atoms with Crippen molar-refractivity contribution < 1.29 is 19.1 Å². The largest absolute Gasteiger partial charge is 0.419 e. The molecule has 1 rings (SSSR count). The Labute approximate surface area is 134 Å². The molecule has 1 fully saturated rings. The van der Waals surface area contributed by atoms with E-state index in [1.54, 1.807) is 6.92 Å². The zero-order chi connectivity index (χ0) is 16.4. The van der Waals surface area contributed by atoms with Crippen molar-refractivity contribution in [2.45, 2.75) is 90.3 Å². The van der Waals surface area contributed by atoms with Gasteiger partial charge in [0.1, 0.15) is 5.57 Å². The topological polar surface area (TPSA) is 52.6 Å². The van der Waals surface area contributed by atoms with Crippen molar-refractivity contribution >= 4 is 11.9 Å². The van der Waals surface area contributed by atoms with Crippen LogP contribution in [-0.4, -0.2) is 17.7 Å². The Morgan fingerprint density at radius 3 is 1.68 bits per heavy atom. The van der Waals surface area contributed by atoms with E-state index in [0.717, 1.165) is 12.8 Å². The Kier molecular flexibility index (Phi) is 8.21. The van der Waals surface area contributed by atoms with Crippen molar-refractivity contribution in [2.75, 3.05) is 0 Å². The molecule has 0 unspecified atom stereocenters. The van der Waals surface area contributed by atoms with E-state index in [1.165, 1.54) is 51.4 Å². The lowest BCUT2D eigenvalue weighted by molar-refractivity contribution is -0.231. The van der Waals surface area contributed by atoms with Gasteiger partial charge in [0.2, 0.25) is 0 Å². The van der Waals surface area contributed by atoms with Gasteiger partial charge in [-0.3, -0.25) is 0 Å². The van der Waals surface area contributed by atoms with Crippen LogP contribution in [0.5, 0.6) is 0 Å². The smallest absolute Gasteiger partial charge is 0.348 e. The summed E-state index contributed by atoms with van der Waals surface area (Å²) in [6.07, 6.45) is 12.9. The van der Waals surface area contributed by atoms with Crippen molar-refractivity contribution in [3.05, 3.63) is 12.2 Å². The van der Waals surface area contributed by atoms with Crippen molar-refractivity contribution in [2.24, 2.45) is 0 Å². The standard InChI is InChI=1S/C18H30O4/c1-4-5-6-7-8-9-10-11-12-13-14-18(3)21-16(19)15(2)17(20)22-18/h2,4-14H2,1,3H3. The Hall–Kier alpha value is -1.32. The van der Waals surface area contributed by atoms with Crippen molar-refractivity contribution in [1.29, 1.82) is 0 Å². The second kappa shape index (κ2) is 9.65. The summed E-state index contributed by atoms with van der Waals surface area (Å²) in [5.74, 6) is -2.44. The summed E-state index contributed by atoms with van der Waals surface area (Å²) < 4.78 is 10.3. The summed E-state index contributed by atoms with van der Waals surface area (Å²) in [5, 5.41) is 0. The Bertz CT molecular complexity index is 367. The fourth-order valence-electron chi connectivity index (χ4n) is 2.66. The van der Waals surface area contributed by atoms with Crippen LogP contribution in [0.2, 0.25) is 0 Å². The quantitative estimate of drug-likeness (QED) is 0.241. The third-order valence-corrected chi connectivity index (χ3v) is 4.09. The van der Waals surface area contributed by atoms with Gasteiger partial charge in [0.05, 0.1) is 0 Å². The van der Waals surface area contributed by atoms with Gasteiger partial charge in [-0.15, -0.1) is 0 Å². The molecule has 0 radical (unpaired) electrons. The third kappa shape index (κ3) is 6.63. The number of carbonyl (C=O) groups excluding carboxylic acids is 2. The minimum atomic E-state index is -1.12. The minimum Gasteiger partial charge on any atom is -0.419 e. The summed E-state index contributed by atoms with van der Waals surface area (Å²) in [6, 6.07) is 0. The molecule has 0 aromatic heterocycles. The first-order valence-corrected chi connectivity index (χ1v) is 8.64. The van der Waals surface area contributed by atoms with Gasteiger partial charge in [0, 0.05) is 13.3 Å². The monoisotopic (exact) mass is 310 g/mol. The molecule has 0 saturated carbocycles. The molecule has 0 bridgehead atoms. The number of esters is 2. The van der Waals surface area contributed by atoms with Crippen LogP contribution in [0.3, 0.4) is 0 Å². The zero-order valence-corrected chi connectivity index (χ0v) is 14.1. The summed E-state index contributed by atoms with van der Waals surface area (Å²) in [4.78, 5) is 23.0. The molecule has 126 valence electrons. The molecule has 1 aliphatic rings. The number of cyclic esters (lactones) is 2. The Balaban J connectivity index is 2.06. The number of hydrogen-bond acceptors (Lipinski definition) is 4. The first-order chi connectivity index (χ1) is 10.5. The highest BCUT2D eigenvalue weighted by Crippen LogP contribution is 2.28. The van der Waals surface area contributed by atoms with E-state index >= 15 is 0 Å². The number of hydrogen-bond donors (Lipinski definition) is 0. The maximum absolute atomic E-state index is 11.5. The summed E-state index contributed by atoms with van der Waals surface area (Å²) in [7, 11) is 0. The summed E-state index contributed by atoms with van der Waals surface area (Å²) >= 11 is 0. The van der Waals surface area contributed by atoms with Gasteiger partial charge >= 0.3 is 11.9 Å². The molecule has 0 amide bonds. The second-order valence-electron chi connectivity index (χ2n) is 6.32. The molecule has 4 heteroatoms. The highest BCUT2D eigenvalue weighted by Gasteiger charge is 2.40. The van der Waals surface area contributed by atoms with Gasteiger partial charge in [-0.25, -0.2) is 9.59 Å². The molecule has 1 aliphatic heterocycles. The van der Waals surface area contributed by atoms with Crippen LogP contribution in [0.4, 0.5) is 0 Å². The van der Waals surface area contributed by atoms with Crippen molar-refractivity contribution in [3.63, 3.8) is 0 Å². The molecule has 0 aromatic rings. The highest BCUT2D eigenvalue weighted by molar-refractivity contribution is 6.14. The molecule has 1 heterocycles. The van der Waals surface area contributed by atoms with Crippen LogP contribution in [0, 0.1) is 0 Å². The maximum atomic E-state index is 11.5. The van der Waals surface area contributed by atoms with Gasteiger partial charge in [0.25, 0.3) is 5.79 Å². The van der Waals surface area contributed by atoms with E-state index in [1.807, 2.05) is 0 Å². The van der Waals surface area contributed by atoms with Gasteiger partial charge in [-0.2, -0.15) is 0 Å². The summed E-state index contributed by atoms with van der Waals surface area (Å²) in [6.45, 7) is 7.22. The number of carbonyl (C=O) groups is 2. The lowest BCUT2D eigenvalue weighted by Crippen LogP contribution is -2.43. The number of unbranched alkanes of at least 4 members (excludes halogenated alkanes) is 9. The SMILES string of the molecule is C=C1C(=O)OC(C)(CCCCCCCCCCCC)OC1=O. The first-order valence-electron chi connectivity index (χ1n) is 8.64. The van der Waals surface area contributed by atoms with Crippen LogP contribution in [-0.2, 0) is 19.1 Å². The Morgan fingerprint density at radius 1 is 0.818 bits per heavy atom. The van der Waals surface area contributed by atoms with E-state index in [9.17, 15) is 9.59 Å². The Morgan fingerprint density at radius 2 is 1.23 bits per heavy atom. The first kappa shape index (κ1) is 18.7. The fourth-order valence-corrected chi connectivity index (χ4v) is 2.66. The van der Waals surface area contributed by atoms with E-state index in [-0.39, 0.29) is 5.57 Å². The average molecular weight is 310 g/mol. The maximum Gasteiger partial charge on any atom is 0.348 e. The number of rotatable bonds is 11. The molecule has 0 spiro atoms. The lowest BCUT2D eigenvalue weighted by atomic mass is 10.0. The van der Waals surface area contributed by atoms with Crippen LogP contribution in [0.15, 0.2) is 12.2 Å². The van der Waals surface area contributed by atoms with Gasteiger partial charge in [-0.05, 0) is 6.42 Å². The predicted molar refractivity (Wildman–Crippen MR) is 86.2 cm³/mol. The van der Waals surface area contributed by atoms with Crippen LogP contribution in [0.1, 0.15) is 84.5 Å². The molecule has 0 N–H and O–H groups in total. The molecule has 0 aliphatic carbocycles. The molecule has 4 nitrogen and oxygen atoms in total.